The second-order valence-corrected chi connectivity index (χ2v) is 7.74. The molecule has 0 aliphatic heterocycles. The van der Waals surface area contributed by atoms with Crippen molar-refractivity contribution < 1.29 is 24.2 Å². The van der Waals surface area contributed by atoms with Gasteiger partial charge in [0.05, 0.1) is 5.00 Å². The summed E-state index contributed by atoms with van der Waals surface area (Å²) in [4.78, 5) is 37.5. The molecule has 8 heteroatoms. The van der Waals surface area contributed by atoms with Crippen LogP contribution in [0.5, 0.6) is 0 Å². The van der Waals surface area contributed by atoms with E-state index in [1.54, 1.807) is 45.6 Å². The van der Waals surface area contributed by atoms with Crippen molar-refractivity contribution in [3.05, 3.63) is 17.5 Å². The van der Waals surface area contributed by atoms with Gasteiger partial charge in [0.1, 0.15) is 23.7 Å². The molecule has 0 aliphatic carbocycles. The molecular weight excluding hydrogens is 344 g/mol. The lowest BCUT2D eigenvalue weighted by Gasteiger charge is -2.35. The van der Waals surface area contributed by atoms with Crippen molar-refractivity contribution in [3.8, 4) is 0 Å². The van der Waals surface area contributed by atoms with Gasteiger partial charge >= 0.3 is 11.9 Å². The number of aliphatic carboxylic acids is 1. The van der Waals surface area contributed by atoms with Gasteiger partial charge in [-0.1, -0.05) is 0 Å². The van der Waals surface area contributed by atoms with Crippen LogP contribution in [0.15, 0.2) is 17.5 Å². The lowest BCUT2D eigenvalue weighted by Crippen LogP contribution is -2.54. The summed E-state index contributed by atoms with van der Waals surface area (Å²) < 4.78 is 5.43. The van der Waals surface area contributed by atoms with Gasteiger partial charge in [0.25, 0.3) is 0 Å². The lowest BCUT2D eigenvalue weighted by atomic mass is 10.1. The fourth-order valence-electron chi connectivity index (χ4n) is 2.16. The topological polar surface area (TPSA) is 95.9 Å². The Hall–Kier alpha value is -2.09. The molecular formula is C17H26N2O5S. The smallest absolute Gasteiger partial charge is 0.329 e. The Balaban J connectivity index is 3.03. The zero-order chi connectivity index (χ0) is 19.4. The Morgan fingerprint density at radius 2 is 1.80 bits per heavy atom. The SMILES string of the molecule is C[C@H](NC(=O)[C@H](C)N(c1cccs1)[C@@H](C)C(=O)OC(C)(C)C)C(=O)O. The first-order valence-electron chi connectivity index (χ1n) is 8.02. The molecule has 0 unspecified atom stereocenters. The van der Waals surface area contributed by atoms with Crippen LogP contribution in [0.3, 0.4) is 0 Å². The monoisotopic (exact) mass is 370 g/mol. The summed E-state index contributed by atoms with van der Waals surface area (Å²) in [6.07, 6.45) is 0. The highest BCUT2D eigenvalue weighted by Gasteiger charge is 2.34. The predicted molar refractivity (Wildman–Crippen MR) is 96.8 cm³/mol. The zero-order valence-corrected chi connectivity index (χ0v) is 16.2. The number of rotatable bonds is 7. The Morgan fingerprint density at radius 3 is 2.24 bits per heavy atom. The maximum absolute atomic E-state index is 12.5. The van der Waals surface area contributed by atoms with Gasteiger partial charge < -0.3 is 20.1 Å². The van der Waals surface area contributed by atoms with E-state index in [0.717, 1.165) is 5.00 Å². The minimum atomic E-state index is -1.12. The van der Waals surface area contributed by atoms with Gasteiger partial charge in [0.15, 0.2) is 0 Å². The molecule has 3 atom stereocenters. The Bertz CT molecular complexity index is 609. The number of thiophene rings is 1. The van der Waals surface area contributed by atoms with Crippen LogP contribution in [-0.4, -0.2) is 46.7 Å². The first kappa shape index (κ1) is 21.0. The third kappa shape index (κ3) is 6.04. The van der Waals surface area contributed by atoms with E-state index >= 15 is 0 Å². The number of amides is 1. The van der Waals surface area contributed by atoms with Crippen LogP contribution < -0.4 is 10.2 Å². The van der Waals surface area contributed by atoms with E-state index in [0.29, 0.717) is 0 Å². The molecule has 2 N–H and O–H groups in total. The predicted octanol–water partition coefficient (Wildman–Crippen LogP) is 2.26. The summed E-state index contributed by atoms with van der Waals surface area (Å²) in [6.45, 7) is 10.0. The number of esters is 1. The van der Waals surface area contributed by atoms with Crippen molar-refractivity contribution in [2.75, 3.05) is 4.90 Å². The molecule has 1 aromatic rings. The zero-order valence-electron chi connectivity index (χ0n) is 15.4. The molecule has 0 aliphatic rings. The third-order valence-electron chi connectivity index (χ3n) is 3.45. The third-order valence-corrected chi connectivity index (χ3v) is 4.33. The number of carbonyl (C=O) groups excluding carboxylic acids is 2. The highest BCUT2D eigenvalue weighted by molar-refractivity contribution is 7.14. The summed E-state index contributed by atoms with van der Waals surface area (Å²) in [7, 11) is 0. The quantitative estimate of drug-likeness (QED) is 0.715. The Labute approximate surface area is 152 Å². The van der Waals surface area contributed by atoms with Crippen molar-refractivity contribution in [2.45, 2.75) is 65.3 Å². The number of carbonyl (C=O) groups is 3. The molecule has 0 spiro atoms. The van der Waals surface area contributed by atoms with E-state index in [1.807, 2.05) is 11.4 Å². The average molecular weight is 370 g/mol. The molecule has 0 saturated heterocycles. The molecule has 1 heterocycles. The maximum atomic E-state index is 12.5. The first-order chi connectivity index (χ1) is 11.4. The number of hydrogen-bond donors (Lipinski definition) is 2. The Kier molecular flexibility index (Phi) is 6.98. The van der Waals surface area contributed by atoms with E-state index in [-0.39, 0.29) is 0 Å². The van der Waals surface area contributed by atoms with Gasteiger partial charge in [-0.05, 0) is 59.1 Å². The van der Waals surface area contributed by atoms with Crippen molar-refractivity contribution >= 4 is 34.2 Å². The second-order valence-electron chi connectivity index (χ2n) is 6.81. The summed E-state index contributed by atoms with van der Waals surface area (Å²) in [5.41, 5.74) is -0.643. The molecule has 140 valence electrons. The van der Waals surface area contributed by atoms with Gasteiger partial charge in [-0.3, -0.25) is 9.59 Å². The largest absolute Gasteiger partial charge is 0.480 e. The highest BCUT2D eigenvalue weighted by Crippen LogP contribution is 2.27. The molecule has 1 amide bonds. The van der Waals surface area contributed by atoms with Gasteiger partial charge in [0.2, 0.25) is 5.91 Å². The number of anilines is 1. The number of nitrogens with one attached hydrogen (secondary N) is 1. The summed E-state index contributed by atoms with van der Waals surface area (Å²) >= 11 is 1.39. The number of ether oxygens (including phenoxy) is 1. The fraction of sp³-hybridized carbons (Fsp3) is 0.588. The van der Waals surface area contributed by atoms with Crippen molar-refractivity contribution in [2.24, 2.45) is 0 Å². The van der Waals surface area contributed by atoms with Crippen LogP contribution in [0.2, 0.25) is 0 Å². The molecule has 0 radical (unpaired) electrons. The second kappa shape index (κ2) is 8.33. The van der Waals surface area contributed by atoms with Gasteiger partial charge in [-0.15, -0.1) is 11.3 Å². The molecule has 0 aromatic carbocycles. The lowest BCUT2D eigenvalue weighted by molar-refractivity contribution is -0.156. The average Bonchev–Trinajstić information content (AvgIpc) is 2.99. The number of carboxylic acid groups (broad SMARTS) is 1. The molecule has 0 fully saturated rings. The number of nitrogens with zero attached hydrogens (tertiary/aromatic N) is 1. The summed E-state index contributed by atoms with van der Waals surface area (Å²) in [6, 6.07) is 1.15. The van der Waals surface area contributed by atoms with Crippen LogP contribution in [-0.2, 0) is 19.1 Å². The van der Waals surface area contributed by atoms with Crippen molar-refractivity contribution in [3.63, 3.8) is 0 Å². The van der Waals surface area contributed by atoms with Crippen LogP contribution in [0.4, 0.5) is 5.00 Å². The van der Waals surface area contributed by atoms with Crippen molar-refractivity contribution in [1.29, 1.82) is 0 Å². The van der Waals surface area contributed by atoms with E-state index in [9.17, 15) is 14.4 Å². The van der Waals surface area contributed by atoms with Gasteiger partial charge in [0, 0.05) is 0 Å². The number of hydrogen-bond acceptors (Lipinski definition) is 6. The van der Waals surface area contributed by atoms with E-state index in [2.05, 4.69) is 5.32 Å². The standard InChI is InChI=1S/C17H26N2O5S/c1-10(15(21)22)18-14(20)11(2)19(13-8-7-9-25-13)12(3)16(23)24-17(4,5)6/h7-12H,1-6H3,(H,18,20)(H,21,22)/t10-,11-,12-/m0/s1. The normalized spacial score (nSPS) is 15.0. The van der Waals surface area contributed by atoms with Crippen LogP contribution >= 0.6 is 11.3 Å². The van der Waals surface area contributed by atoms with Crippen LogP contribution in [0.1, 0.15) is 41.5 Å². The minimum Gasteiger partial charge on any atom is -0.480 e. The van der Waals surface area contributed by atoms with E-state index in [4.69, 9.17) is 9.84 Å². The van der Waals surface area contributed by atoms with Crippen molar-refractivity contribution in [1.82, 2.24) is 5.32 Å². The Morgan fingerprint density at radius 1 is 1.20 bits per heavy atom. The molecule has 25 heavy (non-hydrogen) atoms. The van der Waals surface area contributed by atoms with E-state index in [1.165, 1.54) is 18.3 Å². The molecule has 1 aromatic heterocycles. The summed E-state index contributed by atoms with van der Waals surface area (Å²) in [5.74, 6) is -2.05. The van der Waals surface area contributed by atoms with Gasteiger partial charge in [-0.2, -0.15) is 0 Å². The van der Waals surface area contributed by atoms with Crippen LogP contribution in [0, 0.1) is 0 Å². The van der Waals surface area contributed by atoms with Gasteiger partial charge in [-0.25, -0.2) is 4.79 Å². The summed E-state index contributed by atoms with van der Waals surface area (Å²) in [5, 5.41) is 14.0. The molecule has 1 rings (SSSR count). The molecule has 7 nitrogen and oxygen atoms in total. The number of carboxylic acids is 1. The first-order valence-corrected chi connectivity index (χ1v) is 8.90. The van der Waals surface area contributed by atoms with E-state index < -0.39 is 41.6 Å². The fourth-order valence-corrected chi connectivity index (χ4v) is 3.05. The molecule has 0 bridgehead atoms. The maximum Gasteiger partial charge on any atom is 0.329 e. The molecule has 0 saturated carbocycles. The van der Waals surface area contributed by atoms with Crippen LogP contribution in [0.25, 0.3) is 0 Å². The minimum absolute atomic E-state index is 0.452. The highest BCUT2D eigenvalue weighted by atomic mass is 32.1.